The van der Waals surface area contributed by atoms with Crippen LogP contribution in [0.4, 0.5) is 0 Å². The highest BCUT2D eigenvalue weighted by Gasteiger charge is 2.30. The maximum atomic E-state index is 13.0. The first-order valence-electron chi connectivity index (χ1n) is 36.8. The lowest BCUT2D eigenvalue weighted by atomic mass is 9.99. The van der Waals surface area contributed by atoms with E-state index in [0.29, 0.717) is 31.6 Å². The number of phosphoric ester groups is 2. The van der Waals surface area contributed by atoms with Gasteiger partial charge in [-0.15, -0.1) is 0 Å². The Balaban J connectivity index is 5.22. The highest BCUT2D eigenvalue weighted by atomic mass is 31.2. The van der Waals surface area contributed by atoms with E-state index in [0.717, 1.165) is 114 Å². The molecule has 8 atom stereocenters. The lowest BCUT2D eigenvalue weighted by Crippen LogP contribution is -2.30. The Morgan fingerprint density at radius 3 is 0.789 bits per heavy atom. The van der Waals surface area contributed by atoms with Crippen LogP contribution < -0.4 is 0 Å². The molecule has 0 aromatic carbocycles. The number of carbonyl (C=O) groups excluding carboxylic acids is 4. The highest BCUT2D eigenvalue weighted by molar-refractivity contribution is 7.47. The fourth-order valence-corrected chi connectivity index (χ4v) is 12.1. The van der Waals surface area contributed by atoms with Gasteiger partial charge in [-0.05, 0) is 49.4 Å². The topological polar surface area (TPSA) is 237 Å². The fourth-order valence-electron chi connectivity index (χ4n) is 10.6. The van der Waals surface area contributed by atoms with Gasteiger partial charge in [0.2, 0.25) is 0 Å². The molecule has 0 spiro atoms. The summed E-state index contributed by atoms with van der Waals surface area (Å²) < 4.78 is 68.3. The average molecular weight is 1330 g/mol. The van der Waals surface area contributed by atoms with E-state index in [-0.39, 0.29) is 25.7 Å². The minimum Gasteiger partial charge on any atom is -0.462 e. The molecule has 0 radical (unpaired) electrons. The van der Waals surface area contributed by atoms with Crippen molar-refractivity contribution in [1.29, 1.82) is 0 Å². The van der Waals surface area contributed by atoms with Crippen molar-refractivity contribution in [3.8, 4) is 0 Å². The zero-order valence-electron chi connectivity index (χ0n) is 58.8. The zero-order chi connectivity index (χ0) is 66.8. The Bertz CT molecular complexity index is 1790. The van der Waals surface area contributed by atoms with Gasteiger partial charge in [0.15, 0.2) is 12.2 Å². The molecule has 0 bridgehead atoms. The summed E-state index contributed by atoms with van der Waals surface area (Å²) in [6.45, 7) is 14.1. The number of rotatable bonds is 68. The third-order valence-electron chi connectivity index (χ3n) is 17.4. The molecule has 0 rings (SSSR count). The van der Waals surface area contributed by atoms with E-state index >= 15 is 0 Å². The number of carbonyl (C=O) groups is 4. The molecule has 534 valence electrons. The maximum absolute atomic E-state index is 13.0. The monoisotopic (exact) mass is 1320 g/mol. The van der Waals surface area contributed by atoms with Crippen molar-refractivity contribution < 1.29 is 80.2 Å². The molecule has 0 saturated heterocycles. The van der Waals surface area contributed by atoms with Crippen molar-refractivity contribution in [3.63, 3.8) is 0 Å². The molecule has 0 fully saturated rings. The maximum Gasteiger partial charge on any atom is 0.472 e. The van der Waals surface area contributed by atoms with Crippen molar-refractivity contribution in [1.82, 2.24) is 0 Å². The van der Waals surface area contributed by atoms with E-state index < -0.39 is 97.5 Å². The van der Waals surface area contributed by atoms with Gasteiger partial charge >= 0.3 is 39.5 Å². The Morgan fingerprint density at radius 2 is 0.533 bits per heavy atom. The van der Waals surface area contributed by atoms with Crippen LogP contribution in [-0.2, 0) is 65.4 Å². The van der Waals surface area contributed by atoms with Crippen molar-refractivity contribution in [3.05, 3.63) is 0 Å². The third-order valence-corrected chi connectivity index (χ3v) is 19.3. The standard InChI is InChI=1S/C71H138O17P2/c1-9-62(6)48-40-32-24-18-16-14-12-13-15-17-19-26-35-43-51-68(73)81-57-66(87-70(75)53-45-37-27-21-20-25-33-41-49-63(7)10-2)59-85-89(77,78)83-55-65(72)56-84-90(79,80)86-60-67(88-71(76)54-46-38-30-29-34-42-50-64(8)11-3)58-82-69(74)52-44-36-28-22-23-31-39-47-61(4)5/h61-67,72H,9-60H2,1-8H3,(H,77,78)(H,79,80)/t62?,63?,64?,65?,66-,67-/m1/s1. The van der Waals surface area contributed by atoms with Gasteiger partial charge in [0, 0.05) is 25.7 Å². The average Bonchev–Trinajstić information content (AvgIpc) is 3.19. The molecular formula is C71H138O17P2. The number of hydrogen-bond donors (Lipinski definition) is 3. The molecule has 0 aromatic rings. The largest absolute Gasteiger partial charge is 0.472 e. The summed E-state index contributed by atoms with van der Waals surface area (Å²) in [5.74, 6) is 0.912. The summed E-state index contributed by atoms with van der Waals surface area (Å²) in [6, 6.07) is 0. The second-order valence-corrected chi connectivity index (χ2v) is 29.7. The van der Waals surface area contributed by atoms with Gasteiger partial charge in [0.1, 0.15) is 19.3 Å². The van der Waals surface area contributed by atoms with E-state index in [1.165, 1.54) is 148 Å². The predicted molar refractivity (Wildman–Crippen MR) is 363 cm³/mol. The van der Waals surface area contributed by atoms with E-state index in [2.05, 4.69) is 55.4 Å². The van der Waals surface area contributed by atoms with Crippen LogP contribution in [0.25, 0.3) is 0 Å². The number of hydrogen-bond acceptors (Lipinski definition) is 15. The SMILES string of the molecule is CCC(C)CCCCCCCCCCCCCCCCC(=O)OC[C@H](COP(=O)(O)OCC(O)COP(=O)(O)OC[C@@H](COC(=O)CCCCCCCCCC(C)C)OC(=O)CCCCCCCCC(C)CC)OC(=O)CCCCCCCCCCC(C)CC. The third kappa shape index (κ3) is 61.0. The Morgan fingerprint density at radius 1 is 0.311 bits per heavy atom. The van der Waals surface area contributed by atoms with E-state index in [4.69, 9.17) is 37.0 Å². The van der Waals surface area contributed by atoms with Crippen molar-refractivity contribution in [2.45, 2.75) is 369 Å². The molecule has 17 nitrogen and oxygen atoms in total. The van der Waals surface area contributed by atoms with Gasteiger partial charge in [0.25, 0.3) is 0 Å². The van der Waals surface area contributed by atoms with Crippen LogP contribution in [0.1, 0.15) is 351 Å². The molecule has 0 amide bonds. The van der Waals surface area contributed by atoms with Crippen molar-refractivity contribution in [2.75, 3.05) is 39.6 Å². The van der Waals surface area contributed by atoms with E-state index in [9.17, 15) is 43.2 Å². The second-order valence-electron chi connectivity index (χ2n) is 26.8. The van der Waals surface area contributed by atoms with Gasteiger partial charge in [-0.1, -0.05) is 299 Å². The molecule has 0 aliphatic heterocycles. The number of ether oxygens (including phenoxy) is 4. The number of aliphatic hydroxyl groups is 1. The lowest BCUT2D eigenvalue weighted by molar-refractivity contribution is -0.161. The first-order chi connectivity index (χ1) is 43.2. The quantitative estimate of drug-likeness (QED) is 0.0222. The molecule has 0 aliphatic carbocycles. The minimum atomic E-state index is -4.95. The Hall–Kier alpha value is -1.94. The van der Waals surface area contributed by atoms with Gasteiger partial charge < -0.3 is 33.8 Å². The van der Waals surface area contributed by atoms with E-state index in [1.54, 1.807) is 0 Å². The lowest BCUT2D eigenvalue weighted by Gasteiger charge is -2.21. The normalized spacial score (nSPS) is 15.2. The van der Waals surface area contributed by atoms with Crippen LogP contribution in [0.15, 0.2) is 0 Å². The predicted octanol–water partition coefficient (Wildman–Crippen LogP) is 20.1. The van der Waals surface area contributed by atoms with Crippen LogP contribution >= 0.6 is 15.6 Å². The first kappa shape index (κ1) is 88.1. The number of unbranched alkanes of at least 4 members (excludes halogenated alkanes) is 31. The summed E-state index contributed by atoms with van der Waals surface area (Å²) in [5, 5.41) is 10.6. The fraction of sp³-hybridized carbons (Fsp3) is 0.944. The smallest absolute Gasteiger partial charge is 0.462 e. The molecule has 90 heavy (non-hydrogen) atoms. The zero-order valence-corrected chi connectivity index (χ0v) is 60.6. The number of phosphoric acid groups is 2. The molecule has 6 unspecified atom stereocenters. The van der Waals surface area contributed by atoms with E-state index in [1.807, 2.05) is 0 Å². The van der Waals surface area contributed by atoms with Crippen LogP contribution in [0.2, 0.25) is 0 Å². The molecule has 3 N–H and O–H groups in total. The molecular weight excluding hydrogens is 1190 g/mol. The minimum absolute atomic E-state index is 0.102. The molecule has 0 saturated carbocycles. The van der Waals surface area contributed by atoms with Gasteiger partial charge in [-0.3, -0.25) is 37.3 Å². The molecule has 0 heterocycles. The molecule has 0 aromatic heterocycles. The highest BCUT2D eigenvalue weighted by Crippen LogP contribution is 2.45. The van der Waals surface area contributed by atoms with Crippen molar-refractivity contribution in [2.24, 2.45) is 23.7 Å². The summed E-state index contributed by atoms with van der Waals surface area (Å²) in [7, 11) is -9.90. The molecule has 19 heteroatoms. The summed E-state index contributed by atoms with van der Waals surface area (Å²) in [5.41, 5.74) is 0. The summed E-state index contributed by atoms with van der Waals surface area (Å²) in [4.78, 5) is 72.5. The van der Waals surface area contributed by atoms with Gasteiger partial charge in [0.05, 0.1) is 26.4 Å². The Labute approximate surface area is 549 Å². The van der Waals surface area contributed by atoms with Crippen LogP contribution in [0, 0.1) is 23.7 Å². The van der Waals surface area contributed by atoms with Crippen LogP contribution in [-0.4, -0.2) is 96.7 Å². The summed E-state index contributed by atoms with van der Waals surface area (Å²) >= 11 is 0. The van der Waals surface area contributed by atoms with Gasteiger partial charge in [-0.25, -0.2) is 9.13 Å². The van der Waals surface area contributed by atoms with Crippen LogP contribution in [0.5, 0.6) is 0 Å². The first-order valence-corrected chi connectivity index (χ1v) is 39.8. The second kappa shape index (κ2) is 60.7. The summed E-state index contributed by atoms with van der Waals surface area (Å²) in [6.07, 6.45) is 43.1. The number of aliphatic hydroxyl groups excluding tert-OH is 1. The molecule has 0 aliphatic rings. The number of esters is 4. The van der Waals surface area contributed by atoms with Gasteiger partial charge in [-0.2, -0.15) is 0 Å². The van der Waals surface area contributed by atoms with Crippen molar-refractivity contribution >= 4 is 39.5 Å². The van der Waals surface area contributed by atoms with Crippen LogP contribution in [0.3, 0.4) is 0 Å². The Kier molecular flexibility index (Phi) is 59.4.